The zero-order chi connectivity index (χ0) is 50.2. The number of amides is 4. The molecular weight excluding hydrogens is 913 g/mol. The van der Waals surface area contributed by atoms with E-state index < -0.39 is 0 Å². The fourth-order valence-corrected chi connectivity index (χ4v) is 11.8. The normalized spacial score (nSPS) is 23.3. The van der Waals surface area contributed by atoms with Crippen LogP contribution in [0.15, 0.2) is 61.2 Å². The van der Waals surface area contributed by atoms with Crippen molar-refractivity contribution in [3.05, 3.63) is 83.7 Å². The van der Waals surface area contributed by atoms with Gasteiger partial charge in [-0.1, -0.05) is 25.7 Å². The highest BCUT2D eigenvalue weighted by atomic mass is 16.2. The third kappa shape index (κ3) is 8.66. The Hall–Kier alpha value is -7.06. The van der Waals surface area contributed by atoms with Gasteiger partial charge in [0.15, 0.2) is 0 Å². The average Bonchev–Trinajstić information content (AvgIpc) is 3.92. The van der Waals surface area contributed by atoms with Crippen molar-refractivity contribution in [1.29, 1.82) is 0 Å². The van der Waals surface area contributed by atoms with Crippen LogP contribution in [0.2, 0.25) is 0 Å². The Morgan fingerprint density at radius 2 is 1.06 bits per heavy atom. The number of hydrogen-bond donors (Lipinski definition) is 3. The second-order valence-electron chi connectivity index (χ2n) is 21.5. The fraction of sp³-hybridized carbons (Fsp3) is 0.500. The molecule has 6 aliphatic rings. The minimum Gasteiger partial charge on any atom is -0.343 e. The van der Waals surface area contributed by atoms with Gasteiger partial charge in [0.2, 0.25) is 11.9 Å². The maximum Gasteiger partial charge on any atom is 0.270 e. The standard InChI is InChI=1S/C27H34N8O2.C25H30N8O2/c1-32(2)25(37)21-11-18-14-29-26(31-23(18)35(21)20-7-5-6-8-20)30-22-10-9-17(13-28-22)24(36)34-15-19-12-27(19,16-34)33(3)4;1-31(2)23(35)19-9-16-12-28-24(30-21(16)33(19)18-5-3-4-6-18)29-20-8-7-15(11-27-20)22(34)32-13-17-10-25(17,26)14-32/h9-11,13-14,19-20H,5-8,12,15-16H2,1-4H3,(H,28,29,30,31);7-9,11-12,17-18H,3-6,10,13-14,26H2,1-2H3,(H,27,28,29,30). The number of piperidine rings is 2. The first-order valence-electron chi connectivity index (χ1n) is 25.3. The van der Waals surface area contributed by atoms with Crippen molar-refractivity contribution < 1.29 is 19.2 Å². The van der Waals surface area contributed by atoms with Crippen molar-refractivity contribution in [2.75, 3.05) is 79.1 Å². The second-order valence-corrected chi connectivity index (χ2v) is 21.5. The van der Waals surface area contributed by atoms with Crippen LogP contribution in [0.25, 0.3) is 22.1 Å². The van der Waals surface area contributed by atoms with E-state index in [0.29, 0.717) is 64.4 Å². The lowest BCUT2D eigenvalue weighted by molar-refractivity contribution is 0.0751. The van der Waals surface area contributed by atoms with E-state index in [4.69, 9.17) is 15.7 Å². The molecule has 72 heavy (non-hydrogen) atoms. The highest BCUT2D eigenvalue weighted by molar-refractivity contribution is 5.99. The van der Waals surface area contributed by atoms with Crippen molar-refractivity contribution in [3.8, 4) is 0 Å². The van der Waals surface area contributed by atoms with Crippen LogP contribution in [0, 0.1) is 11.8 Å². The molecule has 6 aromatic heterocycles. The molecule has 4 aliphatic carbocycles. The predicted molar refractivity (Wildman–Crippen MR) is 272 cm³/mol. The molecule has 4 N–H and O–H groups in total. The van der Waals surface area contributed by atoms with Crippen molar-refractivity contribution >= 4 is 69.2 Å². The third-order valence-corrected chi connectivity index (χ3v) is 16.1. The molecule has 2 saturated heterocycles. The number of rotatable bonds is 11. The van der Waals surface area contributed by atoms with Gasteiger partial charge in [0.1, 0.15) is 34.3 Å². The Balaban J connectivity index is 0.000000156. The SMILES string of the molecule is CN(C)C(=O)c1cc2cnc(Nc3ccc(C(=O)N4CC5CC5(N(C)C)C4)cn3)nc2n1C1CCCC1.CN(C)C(=O)c1cc2cnc(Nc3ccc(C(=O)N4CC5CC5(N)C4)cn3)nc2n1C1CCCC1. The smallest absolute Gasteiger partial charge is 0.270 e. The lowest BCUT2D eigenvalue weighted by atomic mass is 10.2. The first-order valence-corrected chi connectivity index (χ1v) is 25.3. The number of hydrogen-bond acceptors (Lipinski definition) is 14. The van der Waals surface area contributed by atoms with Crippen LogP contribution < -0.4 is 16.4 Å². The zero-order valence-electron chi connectivity index (χ0n) is 42.0. The molecule has 8 heterocycles. The Bertz CT molecular complexity index is 3080. The van der Waals surface area contributed by atoms with Gasteiger partial charge < -0.3 is 50.0 Å². The largest absolute Gasteiger partial charge is 0.343 e. The number of nitrogens with zero attached hydrogens (tertiary/aromatic N) is 13. The summed E-state index contributed by atoms with van der Waals surface area (Å²) in [6.45, 7) is 2.92. The average molecular weight is 977 g/mol. The van der Waals surface area contributed by atoms with E-state index >= 15 is 0 Å². The molecule has 0 bridgehead atoms. The number of carbonyl (C=O) groups excluding carboxylic acids is 4. The number of aromatic nitrogens is 8. The van der Waals surface area contributed by atoms with Crippen molar-refractivity contribution in [3.63, 3.8) is 0 Å². The summed E-state index contributed by atoms with van der Waals surface area (Å²) in [6.07, 6.45) is 17.6. The van der Waals surface area contributed by atoms with Gasteiger partial charge in [0, 0.05) is 113 Å². The van der Waals surface area contributed by atoms with E-state index in [1.807, 2.05) is 21.9 Å². The molecular formula is C52H64N16O4. The first kappa shape index (κ1) is 47.3. The number of likely N-dealkylation sites (N-methyl/N-ethyl adjacent to an activating group) is 1. The van der Waals surface area contributed by atoms with Crippen LogP contribution in [0.5, 0.6) is 0 Å². The van der Waals surface area contributed by atoms with Gasteiger partial charge >= 0.3 is 0 Å². The third-order valence-electron chi connectivity index (χ3n) is 16.1. The van der Waals surface area contributed by atoms with E-state index in [1.54, 1.807) is 87.0 Å². The lowest BCUT2D eigenvalue weighted by Gasteiger charge is -2.25. The Morgan fingerprint density at radius 1 is 0.597 bits per heavy atom. The second kappa shape index (κ2) is 18.2. The molecule has 20 heteroatoms. The van der Waals surface area contributed by atoms with Gasteiger partial charge in [-0.2, -0.15) is 9.97 Å². The molecule has 376 valence electrons. The summed E-state index contributed by atoms with van der Waals surface area (Å²) in [5, 5.41) is 8.00. The predicted octanol–water partition coefficient (Wildman–Crippen LogP) is 5.72. The van der Waals surface area contributed by atoms with Crippen LogP contribution in [0.1, 0.15) is 118 Å². The lowest BCUT2D eigenvalue weighted by Crippen LogP contribution is -2.39. The molecule has 0 spiro atoms. The van der Waals surface area contributed by atoms with Gasteiger partial charge in [-0.05, 0) is 101 Å². The van der Waals surface area contributed by atoms with Crippen LogP contribution in [0.3, 0.4) is 0 Å². The molecule has 0 aromatic carbocycles. The summed E-state index contributed by atoms with van der Waals surface area (Å²) in [7, 11) is 11.3. The molecule has 6 fully saturated rings. The molecule has 2 aliphatic heterocycles. The molecule has 4 unspecified atom stereocenters. The van der Waals surface area contributed by atoms with Crippen LogP contribution in [-0.2, 0) is 0 Å². The topological polar surface area (TPSA) is 222 Å². The maximum atomic E-state index is 13.1. The van der Waals surface area contributed by atoms with E-state index in [9.17, 15) is 19.2 Å². The number of anilines is 4. The van der Waals surface area contributed by atoms with E-state index in [0.717, 1.165) is 99.5 Å². The minimum atomic E-state index is -0.173. The minimum absolute atomic E-state index is 0.0256. The molecule has 4 atom stereocenters. The Labute approximate surface area is 418 Å². The summed E-state index contributed by atoms with van der Waals surface area (Å²) in [5.41, 5.74) is 10.1. The quantitative estimate of drug-likeness (QED) is 0.141. The van der Waals surface area contributed by atoms with Gasteiger partial charge in [0.05, 0.1) is 11.1 Å². The number of fused-ring (bicyclic) bond motifs is 4. The van der Waals surface area contributed by atoms with Gasteiger partial charge in [-0.3, -0.25) is 19.2 Å². The monoisotopic (exact) mass is 977 g/mol. The maximum absolute atomic E-state index is 13.1. The number of nitrogens with two attached hydrogens (primary N) is 1. The van der Waals surface area contributed by atoms with Crippen LogP contribution in [0.4, 0.5) is 23.5 Å². The molecule has 12 rings (SSSR count). The summed E-state index contributed by atoms with van der Waals surface area (Å²) < 4.78 is 4.17. The van der Waals surface area contributed by atoms with E-state index in [-0.39, 0.29) is 46.8 Å². The van der Waals surface area contributed by atoms with Gasteiger partial charge in [-0.25, -0.2) is 19.9 Å². The van der Waals surface area contributed by atoms with E-state index in [2.05, 4.69) is 58.7 Å². The zero-order valence-corrected chi connectivity index (χ0v) is 42.0. The fourth-order valence-electron chi connectivity index (χ4n) is 11.8. The number of pyridine rings is 2. The molecule has 0 radical (unpaired) electrons. The summed E-state index contributed by atoms with van der Waals surface area (Å²) >= 11 is 0. The number of carbonyl (C=O) groups is 4. The van der Waals surface area contributed by atoms with Crippen molar-refractivity contribution in [1.82, 2.24) is 63.5 Å². The Kier molecular flexibility index (Phi) is 12.0. The molecule has 4 amide bonds. The van der Waals surface area contributed by atoms with Gasteiger partial charge in [-0.15, -0.1) is 0 Å². The highest BCUT2D eigenvalue weighted by Gasteiger charge is 2.62. The number of likely N-dealkylation sites (tertiary alicyclic amines) is 2. The Morgan fingerprint density at radius 3 is 1.44 bits per heavy atom. The van der Waals surface area contributed by atoms with Crippen molar-refractivity contribution in [2.24, 2.45) is 17.6 Å². The first-order chi connectivity index (χ1) is 34.6. The van der Waals surface area contributed by atoms with Gasteiger partial charge in [0.25, 0.3) is 23.6 Å². The van der Waals surface area contributed by atoms with Crippen molar-refractivity contribution in [2.45, 2.75) is 87.4 Å². The van der Waals surface area contributed by atoms with E-state index in [1.165, 1.54) is 6.42 Å². The van der Waals surface area contributed by atoms with Crippen LogP contribution >= 0.6 is 0 Å². The summed E-state index contributed by atoms with van der Waals surface area (Å²) in [5.74, 6) is 2.84. The summed E-state index contributed by atoms with van der Waals surface area (Å²) in [4.78, 5) is 88.2. The number of nitrogens with one attached hydrogen (secondary N) is 2. The molecule has 20 nitrogen and oxygen atoms in total. The molecule has 6 aromatic rings. The van der Waals surface area contributed by atoms with Crippen LogP contribution in [-0.4, -0.2) is 167 Å². The molecule has 4 saturated carbocycles. The summed E-state index contributed by atoms with van der Waals surface area (Å²) in [6, 6.07) is 11.4. The highest BCUT2D eigenvalue weighted by Crippen LogP contribution is 2.53.